The summed E-state index contributed by atoms with van der Waals surface area (Å²) in [6.07, 6.45) is 9.13. The Bertz CT molecular complexity index is 628. The number of aliphatic hydroxyl groups is 1. The number of nitrogens with zero attached hydrogens (tertiary/aromatic N) is 1. The molecule has 1 saturated carbocycles. The van der Waals surface area contributed by atoms with Crippen molar-refractivity contribution in [2.75, 3.05) is 19.8 Å². The molecular weight excluding hydrogens is 360 g/mol. The number of likely N-dealkylation sites (tertiary alicyclic amines) is 1. The highest BCUT2D eigenvalue weighted by Gasteiger charge is 2.57. The smallest absolute Gasteiger partial charge is 0.310 e. The van der Waals surface area contributed by atoms with E-state index in [1.54, 1.807) is 6.92 Å². The van der Waals surface area contributed by atoms with Gasteiger partial charge in [0, 0.05) is 18.5 Å². The van der Waals surface area contributed by atoms with Crippen LogP contribution in [-0.4, -0.2) is 59.6 Å². The van der Waals surface area contributed by atoms with E-state index in [1.807, 2.05) is 19.1 Å². The fraction of sp³-hybridized carbons (Fsp3) is 0.762. The van der Waals surface area contributed by atoms with Crippen molar-refractivity contribution in [3.63, 3.8) is 0 Å². The van der Waals surface area contributed by atoms with Crippen LogP contribution < -0.4 is 5.32 Å². The Morgan fingerprint density at radius 2 is 1.96 bits per heavy atom. The average Bonchev–Trinajstić information content (AvgIpc) is 2.95. The number of amides is 2. The van der Waals surface area contributed by atoms with Crippen molar-refractivity contribution in [3.05, 3.63) is 12.2 Å². The molecule has 2 N–H and O–H groups in total. The van der Waals surface area contributed by atoms with Crippen LogP contribution in [0.5, 0.6) is 0 Å². The predicted octanol–water partition coefficient (Wildman–Crippen LogP) is 1.26. The van der Waals surface area contributed by atoms with Crippen molar-refractivity contribution in [3.8, 4) is 0 Å². The minimum Gasteiger partial charge on any atom is -0.466 e. The van der Waals surface area contributed by atoms with E-state index in [-0.39, 0.29) is 55.4 Å². The van der Waals surface area contributed by atoms with Crippen LogP contribution in [0.2, 0.25) is 0 Å². The Morgan fingerprint density at radius 1 is 1.25 bits per heavy atom. The first kappa shape index (κ1) is 20.8. The number of β-amino-alcohol motifs (C(OH)–C–C–N with tert-alkyl or cyclic N) is 1. The fourth-order valence-corrected chi connectivity index (χ4v) is 5.07. The zero-order valence-corrected chi connectivity index (χ0v) is 16.8. The molecule has 3 aliphatic rings. The van der Waals surface area contributed by atoms with E-state index in [4.69, 9.17) is 4.74 Å². The second-order valence-corrected chi connectivity index (χ2v) is 8.17. The van der Waals surface area contributed by atoms with Crippen molar-refractivity contribution in [2.24, 2.45) is 23.7 Å². The van der Waals surface area contributed by atoms with Gasteiger partial charge in [-0.3, -0.25) is 14.4 Å². The van der Waals surface area contributed by atoms with Gasteiger partial charge >= 0.3 is 5.97 Å². The number of hydrogen-bond donors (Lipinski definition) is 2. The molecule has 1 saturated heterocycles. The lowest BCUT2D eigenvalue weighted by molar-refractivity contribution is -0.155. The lowest BCUT2D eigenvalue weighted by Crippen LogP contribution is -2.51. The topological polar surface area (TPSA) is 95.9 Å². The number of hydrogen-bond acceptors (Lipinski definition) is 5. The summed E-state index contributed by atoms with van der Waals surface area (Å²) in [6.45, 7) is 3.76. The molecule has 7 nitrogen and oxygen atoms in total. The van der Waals surface area contributed by atoms with Gasteiger partial charge in [-0.15, -0.1) is 0 Å². The van der Waals surface area contributed by atoms with E-state index in [0.29, 0.717) is 0 Å². The Balaban J connectivity index is 1.86. The van der Waals surface area contributed by atoms with Crippen molar-refractivity contribution in [1.82, 2.24) is 10.2 Å². The molecule has 156 valence electrons. The number of fused-ring (bicyclic) bond motifs is 1. The first-order chi connectivity index (χ1) is 13.5. The molecule has 2 amide bonds. The molecule has 28 heavy (non-hydrogen) atoms. The Kier molecular flexibility index (Phi) is 6.75. The Morgan fingerprint density at radius 3 is 2.61 bits per heavy atom. The van der Waals surface area contributed by atoms with Gasteiger partial charge in [-0.05, 0) is 25.7 Å². The summed E-state index contributed by atoms with van der Waals surface area (Å²) < 4.78 is 5.23. The van der Waals surface area contributed by atoms with Gasteiger partial charge < -0.3 is 20.1 Å². The second kappa shape index (κ2) is 9.07. The lowest BCUT2D eigenvalue weighted by Gasteiger charge is -2.33. The summed E-state index contributed by atoms with van der Waals surface area (Å²) in [6, 6.07) is -0.550. The molecule has 0 bridgehead atoms. The van der Waals surface area contributed by atoms with E-state index < -0.39 is 17.9 Å². The number of carbonyl (C=O) groups excluding carboxylic acids is 3. The summed E-state index contributed by atoms with van der Waals surface area (Å²) in [5, 5.41) is 12.6. The molecular formula is C21H32N2O5. The molecule has 7 heteroatoms. The number of nitrogens with one attached hydrogen (secondary N) is 1. The van der Waals surface area contributed by atoms with Crippen LogP contribution in [0.4, 0.5) is 0 Å². The standard InChI is InChI=1S/C21H32N2O5/c1-3-28-21(27)16-13(2)9-10-15-17(16)20(26)23(11-12-24)18(15)19(25)22-14-7-5-4-6-8-14/h9-10,13-18,24H,3-8,11-12H2,1-2H3,(H,22,25)/t13-,15+,16-,17+,18+/m1/s1. The van der Waals surface area contributed by atoms with Crippen molar-refractivity contribution < 1.29 is 24.2 Å². The number of carbonyl (C=O) groups is 3. The molecule has 0 spiro atoms. The van der Waals surface area contributed by atoms with Crippen LogP contribution in [0.25, 0.3) is 0 Å². The zero-order chi connectivity index (χ0) is 20.3. The molecule has 1 heterocycles. The van der Waals surface area contributed by atoms with Gasteiger partial charge in [0.25, 0.3) is 0 Å². The van der Waals surface area contributed by atoms with Crippen LogP contribution in [0.15, 0.2) is 12.2 Å². The van der Waals surface area contributed by atoms with Crippen molar-refractivity contribution >= 4 is 17.8 Å². The summed E-state index contributed by atoms with van der Waals surface area (Å²) in [4.78, 5) is 40.4. The lowest BCUT2D eigenvalue weighted by atomic mass is 9.70. The van der Waals surface area contributed by atoms with Crippen LogP contribution in [0, 0.1) is 23.7 Å². The van der Waals surface area contributed by atoms with E-state index >= 15 is 0 Å². The maximum absolute atomic E-state index is 13.2. The summed E-state index contributed by atoms with van der Waals surface area (Å²) in [5.41, 5.74) is 0. The molecule has 0 aromatic carbocycles. The van der Waals surface area contributed by atoms with Gasteiger partial charge in [-0.1, -0.05) is 38.3 Å². The first-order valence-electron chi connectivity index (χ1n) is 10.6. The van der Waals surface area contributed by atoms with Crippen LogP contribution in [0.1, 0.15) is 46.0 Å². The summed E-state index contributed by atoms with van der Waals surface area (Å²) in [7, 11) is 0. The largest absolute Gasteiger partial charge is 0.466 e. The Hall–Kier alpha value is -1.89. The molecule has 2 aliphatic carbocycles. The third-order valence-corrected chi connectivity index (χ3v) is 6.39. The van der Waals surface area contributed by atoms with Gasteiger partial charge in [-0.2, -0.15) is 0 Å². The van der Waals surface area contributed by atoms with E-state index in [9.17, 15) is 19.5 Å². The molecule has 0 aromatic rings. The molecule has 0 unspecified atom stereocenters. The molecule has 0 aromatic heterocycles. The highest BCUT2D eigenvalue weighted by molar-refractivity contribution is 5.96. The number of rotatable bonds is 6. The fourth-order valence-electron chi connectivity index (χ4n) is 5.07. The molecule has 1 aliphatic heterocycles. The van der Waals surface area contributed by atoms with Gasteiger partial charge in [0.2, 0.25) is 11.8 Å². The predicted molar refractivity (Wildman–Crippen MR) is 103 cm³/mol. The minimum absolute atomic E-state index is 0.0896. The summed E-state index contributed by atoms with van der Waals surface area (Å²) in [5.74, 6) is -2.54. The Labute approximate surface area is 166 Å². The van der Waals surface area contributed by atoms with E-state index in [2.05, 4.69) is 5.32 Å². The van der Waals surface area contributed by atoms with E-state index in [1.165, 1.54) is 11.3 Å². The second-order valence-electron chi connectivity index (χ2n) is 8.17. The highest BCUT2D eigenvalue weighted by Crippen LogP contribution is 2.44. The normalized spacial score (nSPS) is 32.9. The minimum atomic E-state index is -0.688. The van der Waals surface area contributed by atoms with Gasteiger partial charge in [0.1, 0.15) is 6.04 Å². The quantitative estimate of drug-likeness (QED) is 0.524. The molecule has 5 atom stereocenters. The van der Waals surface area contributed by atoms with Crippen molar-refractivity contribution in [2.45, 2.75) is 58.0 Å². The van der Waals surface area contributed by atoms with Crippen LogP contribution >= 0.6 is 0 Å². The first-order valence-corrected chi connectivity index (χ1v) is 10.6. The number of ether oxygens (including phenoxy) is 1. The summed E-state index contributed by atoms with van der Waals surface area (Å²) >= 11 is 0. The maximum Gasteiger partial charge on any atom is 0.310 e. The monoisotopic (exact) mass is 392 g/mol. The SMILES string of the molecule is CCOC(=O)[C@H]1[C@H]2C(=O)N(CCO)[C@H](C(=O)NC3CCCCC3)[C@H]2C=C[C@H]1C. The third kappa shape index (κ3) is 3.95. The highest BCUT2D eigenvalue weighted by atomic mass is 16.5. The number of allylic oxidation sites excluding steroid dienone is 1. The number of aliphatic hydroxyl groups excluding tert-OH is 1. The van der Waals surface area contributed by atoms with Crippen molar-refractivity contribution in [1.29, 1.82) is 0 Å². The third-order valence-electron chi connectivity index (χ3n) is 6.39. The molecule has 2 fully saturated rings. The number of esters is 1. The van der Waals surface area contributed by atoms with Gasteiger partial charge in [0.05, 0.1) is 25.0 Å². The van der Waals surface area contributed by atoms with Gasteiger partial charge in [-0.25, -0.2) is 0 Å². The molecule has 0 radical (unpaired) electrons. The van der Waals surface area contributed by atoms with Gasteiger partial charge in [0.15, 0.2) is 0 Å². The zero-order valence-electron chi connectivity index (χ0n) is 16.8. The average molecular weight is 392 g/mol. The molecule has 3 rings (SSSR count). The van der Waals surface area contributed by atoms with Crippen LogP contribution in [0.3, 0.4) is 0 Å². The van der Waals surface area contributed by atoms with Crippen LogP contribution in [-0.2, 0) is 19.1 Å². The van der Waals surface area contributed by atoms with E-state index in [0.717, 1.165) is 25.7 Å². The maximum atomic E-state index is 13.2.